The Morgan fingerprint density at radius 2 is 1.73 bits per heavy atom. The standard InChI is InChI=1S/C12H24O3/c1-10(6-5-7-11(2)13)8-9-12(14-3)15-4/h10,12H,5-9H2,1-4H3. The zero-order chi connectivity index (χ0) is 11.7. The van der Waals surface area contributed by atoms with Gasteiger partial charge in [-0.2, -0.15) is 0 Å². The fourth-order valence-electron chi connectivity index (χ4n) is 1.60. The first kappa shape index (κ1) is 14.6. The van der Waals surface area contributed by atoms with Crippen LogP contribution in [0.1, 0.15) is 46.0 Å². The van der Waals surface area contributed by atoms with Crippen molar-refractivity contribution in [2.75, 3.05) is 14.2 Å². The van der Waals surface area contributed by atoms with E-state index < -0.39 is 0 Å². The van der Waals surface area contributed by atoms with E-state index in [1.165, 1.54) is 0 Å². The first-order valence-corrected chi connectivity index (χ1v) is 5.65. The van der Waals surface area contributed by atoms with Gasteiger partial charge in [0.25, 0.3) is 0 Å². The van der Waals surface area contributed by atoms with Crippen molar-refractivity contribution < 1.29 is 14.3 Å². The Balaban J connectivity index is 3.47. The van der Waals surface area contributed by atoms with Crippen LogP contribution in [0.4, 0.5) is 0 Å². The largest absolute Gasteiger partial charge is 0.356 e. The maximum atomic E-state index is 10.7. The number of carbonyl (C=O) groups is 1. The molecule has 0 aromatic carbocycles. The van der Waals surface area contributed by atoms with Crippen LogP contribution in [-0.2, 0) is 14.3 Å². The van der Waals surface area contributed by atoms with Gasteiger partial charge < -0.3 is 14.3 Å². The predicted molar refractivity (Wildman–Crippen MR) is 60.7 cm³/mol. The Hall–Kier alpha value is -0.410. The van der Waals surface area contributed by atoms with Crippen molar-refractivity contribution in [1.82, 2.24) is 0 Å². The molecule has 90 valence electrons. The number of ether oxygens (including phenoxy) is 2. The summed E-state index contributed by atoms with van der Waals surface area (Å²) in [5, 5.41) is 0. The molecule has 0 aromatic rings. The Bertz CT molecular complexity index is 164. The highest BCUT2D eigenvalue weighted by molar-refractivity contribution is 5.75. The molecule has 0 saturated carbocycles. The molecule has 0 aliphatic carbocycles. The highest BCUT2D eigenvalue weighted by atomic mass is 16.7. The summed E-state index contributed by atoms with van der Waals surface area (Å²) in [6, 6.07) is 0. The lowest BCUT2D eigenvalue weighted by Gasteiger charge is -2.16. The van der Waals surface area contributed by atoms with Gasteiger partial charge in [0.2, 0.25) is 0 Å². The quantitative estimate of drug-likeness (QED) is 0.556. The van der Waals surface area contributed by atoms with E-state index in [4.69, 9.17) is 9.47 Å². The number of ketones is 1. The molecule has 3 nitrogen and oxygen atoms in total. The summed E-state index contributed by atoms with van der Waals surface area (Å²) in [6.07, 6.45) is 4.75. The molecule has 0 bridgehead atoms. The van der Waals surface area contributed by atoms with Gasteiger partial charge in [0.05, 0.1) is 0 Å². The highest BCUT2D eigenvalue weighted by Crippen LogP contribution is 2.16. The van der Waals surface area contributed by atoms with Gasteiger partial charge >= 0.3 is 0 Å². The second-order valence-electron chi connectivity index (χ2n) is 4.18. The third kappa shape index (κ3) is 8.58. The summed E-state index contributed by atoms with van der Waals surface area (Å²) >= 11 is 0. The lowest BCUT2D eigenvalue weighted by molar-refractivity contribution is -0.117. The van der Waals surface area contributed by atoms with Gasteiger partial charge in [-0.3, -0.25) is 0 Å². The van der Waals surface area contributed by atoms with Crippen molar-refractivity contribution in [3.8, 4) is 0 Å². The second kappa shape index (κ2) is 8.86. The molecule has 0 spiro atoms. The molecule has 0 aliphatic rings. The van der Waals surface area contributed by atoms with E-state index in [1.54, 1.807) is 21.1 Å². The molecular formula is C12H24O3. The molecule has 0 fully saturated rings. The van der Waals surface area contributed by atoms with Gasteiger partial charge in [-0.15, -0.1) is 0 Å². The van der Waals surface area contributed by atoms with Crippen LogP contribution in [0.25, 0.3) is 0 Å². The fraction of sp³-hybridized carbons (Fsp3) is 0.917. The number of methoxy groups -OCH3 is 2. The zero-order valence-electron chi connectivity index (χ0n) is 10.4. The maximum absolute atomic E-state index is 10.7. The molecule has 1 unspecified atom stereocenters. The van der Waals surface area contributed by atoms with E-state index in [1.807, 2.05) is 0 Å². The molecule has 0 N–H and O–H groups in total. The number of rotatable bonds is 9. The van der Waals surface area contributed by atoms with Crippen LogP contribution >= 0.6 is 0 Å². The second-order valence-corrected chi connectivity index (χ2v) is 4.18. The van der Waals surface area contributed by atoms with Crippen LogP contribution in [-0.4, -0.2) is 26.3 Å². The molecule has 0 heterocycles. The normalized spacial score (nSPS) is 13.1. The first-order valence-electron chi connectivity index (χ1n) is 5.65. The highest BCUT2D eigenvalue weighted by Gasteiger charge is 2.09. The average Bonchev–Trinajstić information content (AvgIpc) is 2.18. The van der Waals surface area contributed by atoms with E-state index in [0.717, 1.165) is 25.7 Å². The van der Waals surface area contributed by atoms with Crippen molar-refractivity contribution in [3.63, 3.8) is 0 Å². The molecule has 0 rings (SSSR count). The molecule has 1 atom stereocenters. The van der Waals surface area contributed by atoms with E-state index in [2.05, 4.69) is 6.92 Å². The number of Topliss-reactive ketones (excluding diaryl/α,β-unsaturated/α-hetero) is 1. The van der Waals surface area contributed by atoms with Gasteiger partial charge in [-0.1, -0.05) is 13.3 Å². The van der Waals surface area contributed by atoms with Crippen LogP contribution in [0.2, 0.25) is 0 Å². The van der Waals surface area contributed by atoms with Gasteiger partial charge in [-0.25, -0.2) is 0 Å². The first-order chi connectivity index (χ1) is 7.10. The van der Waals surface area contributed by atoms with Crippen LogP contribution in [0.5, 0.6) is 0 Å². The van der Waals surface area contributed by atoms with Crippen LogP contribution in [0.3, 0.4) is 0 Å². The Morgan fingerprint density at radius 3 is 2.20 bits per heavy atom. The molecule has 15 heavy (non-hydrogen) atoms. The molecule has 0 aromatic heterocycles. The van der Waals surface area contributed by atoms with E-state index >= 15 is 0 Å². The zero-order valence-corrected chi connectivity index (χ0v) is 10.4. The Kier molecular flexibility index (Phi) is 8.62. The summed E-state index contributed by atoms with van der Waals surface area (Å²) in [6.45, 7) is 3.86. The van der Waals surface area contributed by atoms with Crippen LogP contribution < -0.4 is 0 Å². The van der Waals surface area contributed by atoms with Crippen LogP contribution in [0, 0.1) is 5.92 Å². The minimum atomic E-state index is -0.0831. The number of hydrogen-bond acceptors (Lipinski definition) is 3. The van der Waals surface area contributed by atoms with E-state index in [-0.39, 0.29) is 12.1 Å². The molecular weight excluding hydrogens is 192 g/mol. The average molecular weight is 216 g/mol. The van der Waals surface area contributed by atoms with Crippen molar-refractivity contribution in [1.29, 1.82) is 0 Å². The lowest BCUT2D eigenvalue weighted by Crippen LogP contribution is -2.14. The molecule has 0 aliphatic heterocycles. The molecule has 3 heteroatoms. The smallest absolute Gasteiger partial charge is 0.156 e. The van der Waals surface area contributed by atoms with Crippen LogP contribution in [0.15, 0.2) is 0 Å². The molecule has 0 radical (unpaired) electrons. The third-order valence-electron chi connectivity index (χ3n) is 2.65. The number of hydrogen-bond donors (Lipinski definition) is 0. The third-order valence-corrected chi connectivity index (χ3v) is 2.65. The fourth-order valence-corrected chi connectivity index (χ4v) is 1.60. The summed E-state index contributed by atoms with van der Waals surface area (Å²) in [5.74, 6) is 0.922. The maximum Gasteiger partial charge on any atom is 0.156 e. The van der Waals surface area contributed by atoms with Crippen molar-refractivity contribution in [2.24, 2.45) is 5.92 Å². The summed E-state index contributed by atoms with van der Waals surface area (Å²) in [4.78, 5) is 10.7. The summed E-state index contributed by atoms with van der Waals surface area (Å²) in [7, 11) is 3.32. The van der Waals surface area contributed by atoms with Crippen molar-refractivity contribution in [2.45, 2.75) is 52.2 Å². The van der Waals surface area contributed by atoms with E-state index in [9.17, 15) is 4.79 Å². The molecule has 0 saturated heterocycles. The van der Waals surface area contributed by atoms with Gasteiger partial charge in [0.15, 0.2) is 6.29 Å². The minimum absolute atomic E-state index is 0.0831. The Labute approximate surface area is 93.1 Å². The SMILES string of the molecule is COC(CCC(C)CCCC(C)=O)OC. The van der Waals surface area contributed by atoms with Gasteiger partial charge in [0.1, 0.15) is 5.78 Å². The minimum Gasteiger partial charge on any atom is -0.356 e. The summed E-state index contributed by atoms with van der Waals surface area (Å²) in [5.41, 5.74) is 0. The summed E-state index contributed by atoms with van der Waals surface area (Å²) < 4.78 is 10.2. The van der Waals surface area contributed by atoms with Crippen molar-refractivity contribution in [3.05, 3.63) is 0 Å². The predicted octanol–water partition coefficient (Wildman–Crippen LogP) is 2.78. The Morgan fingerprint density at radius 1 is 1.13 bits per heavy atom. The van der Waals surface area contributed by atoms with Crippen molar-refractivity contribution >= 4 is 5.78 Å². The molecule has 0 amide bonds. The topological polar surface area (TPSA) is 35.5 Å². The number of carbonyl (C=O) groups excluding carboxylic acids is 1. The monoisotopic (exact) mass is 216 g/mol. The van der Waals surface area contributed by atoms with Gasteiger partial charge in [-0.05, 0) is 32.1 Å². The van der Waals surface area contributed by atoms with Gasteiger partial charge in [0, 0.05) is 20.6 Å². The van der Waals surface area contributed by atoms with E-state index in [0.29, 0.717) is 12.3 Å². The lowest BCUT2D eigenvalue weighted by atomic mass is 9.98.